The van der Waals surface area contributed by atoms with Crippen molar-refractivity contribution in [2.24, 2.45) is 5.92 Å². The van der Waals surface area contributed by atoms with Gasteiger partial charge in [-0.1, -0.05) is 37.3 Å². The number of hydrogen-bond donors (Lipinski definition) is 1. The highest BCUT2D eigenvalue weighted by Gasteiger charge is 2.28. The van der Waals surface area contributed by atoms with Crippen LogP contribution in [0, 0.1) is 5.92 Å². The Morgan fingerprint density at radius 3 is 2.56 bits per heavy atom. The molecule has 2 amide bonds. The Balaban J connectivity index is 1.87. The summed E-state index contributed by atoms with van der Waals surface area (Å²) in [6.45, 7) is 6.82. The van der Waals surface area contributed by atoms with Gasteiger partial charge in [-0.05, 0) is 37.0 Å². The van der Waals surface area contributed by atoms with Gasteiger partial charge in [0.1, 0.15) is 19.0 Å². The zero-order valence-electron chi connectivity index (χ0n) is 22.0. The smallest absolute Gasteiger partial charge is 0.257 e. The summed E-state index contributed by atoms with van der Waals surface area (Å²) in [6.07, 6.45) is 0.821. The van der Waals surface area contributed by atoms with E-state index in [4.69, 9.17) is 14.2 Å². The number of benzene rings is 2. The van der Waals surface area contributed by atoms with E-state index in [0.29, 0.717) is 30.2 Å². The maximum atomic E-state index is 13.3. The summed E-state index contributed by atoms with van der Waals surface area (Å²) in [6, 6.07) is 15.7. The summed E-state index contributed by atoms with van der Waals surface area (Å²) >= 11 is 0. The quantitative estimate of drug-likeness (QED) is 0.632. The second-order valence-electron chi connectivity index (χ2n) is 9.52. The molecule has 0 saturated carbocycles. The summed E-state index contributed by atoms with van der Waals surface area (Å²) < 4.78 is 17.0. The van der Waals surface area contributed by atoms with Gasteiger partial charge in [-0.15, -0.1) is 0 Å². The Kier molecular flexibility index (Phi) is 10.3. The average molecular weight is 498 g/mol. The number of anilines is 1. The van der Waals surface area contributed by atoms with Crippen molar-refractivity contribution in [3.8, 4) is 5.75 Å². The number of nitrogens with zero attached hydrogens (tertiary/aromatic N) is 2. The number of ether oxygens (including phenoxy) is 3. The largest absolute Gasteiger partial charge is 0.491 e. The molecule has 0 unspecified atom stereocenters. The van der Waals surface area contributed by atoms with Crippen LogP contribution < -0.4 is 10.1 Å². The minimum Gasteiger partial charge on any atom is -0.491 e. The highest BCUT2D eigenvalue weighted by atomic mass is 16.5. The van der Waals surface area contributed by atoms with Crippen molar-refractivity contribution in [1.29, 1.82) is 0 Å². The number of nitrogens with one attached hydrogen (secondary N) is 1. The van der Waals surface area contributed by atoms with Gasteiger partial charge >= 0.3 is 0 Å². The lowest BCUT2D eigenvalue weighted by molar-refractivity contribution is -0.119. The Hall–Kier alpha value is -2.94. The first-order valence-electron chi connectivity index (χ1n) is 12.4. The van der Waals surface area contributed by atoms with Gasteiger partial charge in [0.05, 0.1) is 11.7 Å². The average Bonchev–Trinajstić information content (AvgIpc) is 2.87. The zero-order valence-corrected chi connectivity index (χ0v) is 22.0. The van der Waals surface area contributed by atoms with Crippen LogP contribution in [0.25, 0.3) is 0 Å². The molecule has 8 nitrogen and oxygen atoms in total. The molecular weight excluding hydrogens is 458 g/mol. The molecule has 0 radical (unpaired) electrons. The van der Waals surface area contributed by atoms with Crippen LogP contribution in [0.3, 0.4) is 0 Å². The van der Waals surface area contributed by atoms with Crippen LogP contribution in [0.15, 0.2) is 48.5 Å². The number of fused-ring (bicyclic) bond motifs is 1. The molecule has 0 saturated heterocycles. The standard InChI is InChI=1S/C28H39N3O5/c1-20-16-31(14-13-22-9-7-6-8-10-22)21(2)18-36-25-15-23(29-27(32)19-34-4)11-12-24(25)28(33)30(3)17-26(20)35-5/h6-12,15,20-21,26H,13-14,16-19H2,1-5H3,(H,29,32)/t20-,21-,26+/m1/s1. The zero-order chi connectivity index (χ0) is 26.1. The van der Waals surface area contributed by atoms with Gasteiger partial charge in [-0.25, -0.2) is 0 Å². The number of amides is 2. The first-order valence-corrected chi connectivity index (χ1v) is 12.4. The highest BCUT2D eigenvalue weighted by molar-refractivity contribution is 5.98. The molecule has 2 aromatic carbocycles. The van der Waals surface area contributed by atoms with E-state index >= 15 is 0 Å². The Morgan fingerprint density at radius 2 is 1.86 bits per heavy atom. The van der Waals surface area contributed by atoms with Gasteiger partial charge in [0.15, 0.2) is 0 Å². The molecule has 3 rings (SSSR count). The van der Waals surface area contributed by atoms with E-state index in [-0.39, 0.29) is 36.5 Å². The van der Waals surface area contributed by atoms with E-state index in [2.05, 4.69) is 48.3 Å². The maximum Gasteiger partial charge on any atom is 0.257 e. The fourth-order valence-corrected chi connectivity index (χ4v) is 4.48. The molecular formula is C28H39N3O5. The maximum absolute atomic E-state index is 13.3. The van der Waals surface area contributed by atoms with Crippen molar-refractivity contribution in [3.05, 3.63) is 59.7 Å². The van der Waals surface area contributed by atoms with Crippen LogP contribution in [0.5, 0.6) is 5.75 Å². The van der Waals surface area contributed by atoms with Crippen molar-refractivity contribution in [2.75, 3.05) is 59.4 Å². The third-order valence-electron chi connectivity index (χ3n) is 6.67. The number of carbonyl (C=O) groups is 2. The number of carbonyl (C=O) groups excluding carboxylic acids is 2. The summed E-state index contributed by atoms with van der Waals surface area (Å²) in [5.41, 5.74) is 2.29. The molecule has 196 valence electrons. The first kappa shape index (κ1) is 27.6. The lowest BCUT2D eigenvalue weighted by Crippen LogP contribution is -2.47. The molecule has 3 atom stereocenters. The van der Waals surface area contributed by atoms with Gasteiger partial charge in [-0.2, -0.15) is 0 Å². The SMILES string of the molecule is COCC(=O)Nc1ccc2c(c1)OC[C@@H](C)N(CCc1ccccc1)C[C@@H](C)[C@@H](OC)CN(C)C2=O. The molecule has 1 heterocycles. The second kappa shape index (κ2) is 13.4. The third-order valence-corrected chi connectivity index (χ3v) is 6.67. The Labute approximate surface area is 214 Å². The number of methoxy groups -OCH3 is 2. The summed E-state index contributed by atoms with van der Waals surface area (Å²) in [5, 5.41) is 2.79. The first-order chi connectivity index (χ1) is 17.3. The third kappa shape index (κ3) is 7.53. The highest BCUT2D eigenvalue weighted by Crippen LogP contribution is 2.27. The van der Waals surface area contributed by atoms with Crippen molar-refractivity contribution in [2.45, 2.75) is 32.4 Å². The van der Waals surface area contributed by atoms with E-state index in [1.54, 1.807) is 37.3 Å². The Morgan fingerprint density at radius 1 is 1.11 bits per heavy atom. The summed E-state index contributed by atoms with van der Waals surface area (Å²) in [7, 11) is 4.95. The van der Waals surface area contributed by atoms with Crippen LogP contribution in [0.2, 0.25) is 0 Å². The fraction of sp³-hybridized carbons (Fsp3) is 0.500. The Bertz CT molecular complexity index is 1000. The van der Waals surface area contributed by atoms with Gasteiger partial charge in [0, 0.05) is 58.7 Å². The summed E-state index contributed by atoms with van der Waals surface area (Å²) in [4.78, 5) is 29.5. The minimum absolute atomic E-state index is 0.0520. The minimum atomic E-state index is -0.272. The lowest BCUT2D eigenvalue weighted by Gasteiger charge is -2.36. The monoisotopic (exact) mass is 497 g/mol. The molecule has 0 aromatic heterocycles. The van der Waals surface area contributed by atoms with Crippen LogP contribution in [0.1, 0.15) is 29.8 Å². The molecule has 0 bridgehead atoms. The normalized spacial score (nSPS) is 21.6. The molecule has 1 aliphatic rings. The molecule has 36 heavy (non-hydrogen) atoms. The van der Waals surface area contributed by atoms with Crippen LogP contribution >= 0.6 is 0 Å². The van der Waals surface area contributed by atoms with E-state index < -0.39 is 0 Å². The number of rotatable bonds is 7. The molecule has 0 fully saturated rings. The van der Waals surface area contributed by atoms with Crippen LogP contribution in [0.4, 0.5) is 5.69 Å². The van der Waals surface area contributed by atoms with Gasteiger partial charge in [-0.3, -0.25) is 14.5 Å². The number of hydrogen-bond acceptors (Lipinski definition) is 6. The molecule has 0 spiro atoms. The van der Waals surface area contributed by atoms with Crippen molar-refractivity contribution in [3.63, 3.8) is 0 Å². The van der Waals surface area contributed by atoms with Crippen LogP contribution in [-0.2, 0) is 20.7 Å². The van der Waals surface area contributed by atoms with Gasteiger partial charge in [0.25, 0.3) is 5.91 Å². The summed E-state index contributed by atoms with van der Waals surface area (Å²) in [5.74, 6) is 0.231. The molecule has 1 N–H and O–H groups in total. The van der Waals surface area contributed by atoms with E-state index in [1.165, 1.54) is 12.7 Å². The van der Waals surface area contributed by atoms with E-state index in [1.807, 2.05) is 6.07 Å². The molecule has 2 aromatic rings. The molecule has 0 aliphatic carbocycles. The van der Waals surface area contributed by atoms with Gasteiger partial charge < -0.3 is 24.4 Å². The molecule has 8 heteroatoms. The van der Waals surface area contributed by atoms with Crippen molar-refractivity contribution in [1.82, 2.24) is 9.80 Å². The van der Waals surface area contributed by atoms with Crippen molar-refractivity contribution < 1.29 is 23.8 Å². The lowest BCUT2D eigenvalue weighted by atomic mass is 10.0. The van der Waals surface area contributed by atoms with E-state index in [0.717, 1.165) is 19.5 Å². The molecule has 1 aliphatic heterocycles. The van der Waals surface area contributed by atoms with Crippen LogP contribution in [-0.4, -0.2) is 87.9 Å². The predicted octanol–water partition coefficient (Wildman–Crippen LogP) is 3.32. The fourth-order valence-electron chi connectivity index (χ4n) is 4.48. The topological polar surface area (TPSA) is 80.3 Å². The van der Waals surface area contributed by atoms with Crippen molar-refractivity contribution >= 4 is 17.5 Å². The predicted molar refractivity (Wildman–Crippen MR) is 141 cm³/mol. The van der Waals surface area contributed by atoms with Gasteiger partial charge in [0.2, 0.25) is 5.91 Å². The van der Waals surface area contributed by atoms with E-state index in [9.17, 15) is 9.59 Å². The number of likely N-dealkylation sites (N-methyl/N-ethyl adjacent to an activating group) is 1. The second-order valence-corrected chi connectivity index (χ2v) is 9.52.